The van der Waals surface area contributed by atoms with Gasteiger partial charge in [-0.25, -0.2) is 4.79 Å². The molecule has 0 radical (unpaired) electrons. The highest BCUT2D eigenvalue weighted by Crippen LogP contribution is 2.09. The van der Waals surface area contributed by atoms with Crippen molar-refractivity contribution in [3.63, 3.8) is 0 Å². The van der Waals surface area contributed by atoms with Gasteiger partial charge in [0.05, 0.1) is 0 Å². The molecule has 0 bridgehead atoms. The molecule has 1 saturated heterocycles. The molecule has 1 rings (SSSR count). The molecular weight excluding hydrogens is 190 g/mol. The van der Waals surface area contributed by atoms with Crippen molar-refractivity contribution in [1.29, 1.82) is 0 Å². The number of carbonyl (C=O) groups is 1. The van der Waals surface area contributed by atoms with Gasteiger partial charge < -0.3 is 16.0 Å². The van der Waals surface area contributed by atoms with E-state index in [1.165, 1.54) is 12.8 Å². The van der Waals surface area contributed by atoms with Crippen molar-refractivity contribution in [1.82, 2.24) is 10.2 Å². The van der Waals surface area contributed by atoms with E-state index in [1.807, 2.05) is 11.8 Å². The summed E-state index contributed by atoms with van der Waals surface area (Å²) in [5.41, 5.74) is 5.50. The predicted octanol–water partition coefficient (Wildman–Crippen LogP) is 1.17. The number of carbonyl (C=O) groups excluding carboxylic acids is 1. The lowest BCUT2D eigenvalue weighted by atomic mass is 10.2. The average molecular weight is 213 g/mol. The first kappa shape index (κ1) is 12.3. The van der Waals surface area contributed by atoms with Crippen molar-refractivity contribution < 1.29 is 4.79 Å². The SMILES string of the molecule is CC(CN)CNC(=O)N1CCCCCC1. The second kappa shape index (κ2) is 6.67. The van der Waals surface area contributed by atoms with Crippen molar-refractivity contribution in [2.75, 3.05) is 26.2 Å². The minimum atomic E-state index is 0.0807. The quantitative estimate of drug-likeness (QED) is 0.739. The van der Waals surface area contributed by atoms with Crippen LogP contribution in [0, 0.1) is 5.92 Å². The molecule has 88 valence electrons. The van der Waals surface area contributed by atoms with Crippen LogP contribution in [0.3, 0.4) is 0 Å². The van der Waals surface area contributed by atoms with Gasteiger partial charge in [0.2, 0.25) is 0 Å². The molecule has 0 aromatic carbocycles. The number of hydrogen-bond donors (Lipinski definition) is 2. The van der Waals surface area contributed by atoms with Crippen LogP contribution in [0.15, 0.2) is 0 Å². The first-order valence-corrected chi connectivity index (χ1v) is 5.97. The van der Waals surface area contributed by atoms with Crippen LogP contribution in [-0.4, -0.2) is 37.1 Å². The smallest absolute Gasteiger partial charge is 0.317 e. The summed E-state index contributed by atoms with van der Waals surface area (Å²) in [7, 11) is 0. The van der Waals surface area contributed by atoms with Crippen LogP contribution >= 0.6 is 0 Å². The largest absolute Gasteiger partial charge is 0.338 e. The van der Waals surface area contributed by atoms with Gasteiger partial charge in [-0.1, -0.05) is 19.8 Å². The van der Waals surface area contributed by atoms with Crippen LogP contribution in [0.25, 0.3) is 0 Å². The second-order valence-corrected chi connectivity index (χ2v) is 4.43. The van der Waals surface area contributed by atoms with E-state index in [0.717, 1.165) is 25.9 Å². The van der Waals surface area contributed by atoms with Gasteiger partial charge in [-0.05, 0) is 25.3 Å². The zero-order chi connectivity index (χ0) is 11.1. The van der Waals surface area contributed by atoms with Crippen LogP contribution in [0.4, 0.5) is 4.79 Å². The number of likely N-dealkylation sites (tertiary alicyclic amines) is 1. The zero-order valence-corrected chi connectivity index (χ0v) is 9.67. The summed E-state index contributed by atoms with van der Waals surface area (Å²) in [6.07, 6.45) is 4.78. The van der Waals surface area contributed by atoms with E-state index < -0.39 is 0 Å². The molecule has 0 aromatic heterocycles. The van der Waals surface area contributed by atoms with E-state index in [4.69, 9.17) is 5.73 Å². The molecule has 3 N–H and O–H groups in total. The Bertz CT molecular complexity index is 188. The van der Waals surface area contributed by atoms with Crippen molar-refractivity contribution in [3.05, 3.63) is 0 Å². The number of urea groups is 1. The molecule has 0 aliphatic carbocycles. The molecule has 4 nitrogen and oxygen atoms in total. The summed E-state index contributed by atoms with van der Waals surface area (Å²) in [5, 5.41) is 2.94. The van der Waals surface area contributed by atoms with E-state index in [9.17, 15) is 4.79 Å². The van der Waals surface area contributed by atoms with Crippen LogP contribution < -0.4 is 11.1 Å². The summed E-state index contributed by atoms with van der Waals surface area (Å²) in [6.45, 7) is 5.17. The molecule has 0 spiro atoms. The summed E-state index contributed by atoms with van der Waals surface area (Å²) in [4.78, 5) is 13.7. The Morgan fingerprint density at radius 1 is 1.33 bits per heavy atom. The van der Waals surface area contributed by atoms with Gasteiger partial charge in [-0.2, -0.15) is 0 Å². The summed E-state index contributed by atoms with van der Waals surface area (Å²) >= 11 is 0. The third kappa shape index (κ3) is 4.51. The fraction of sp³-hybridized carbons (Fsp3) is 0.909. The van der Waals surface area contributed by atoms with E-state index in [-0.39, 0.29) is 6.03 Å². The number of amides is 2. The molecule has 4 heteroatoms. The fourth-order valence-corrected chi connectivity index (χ4v) is 1.73. The highest BCUT2D eigenvalue weighted by molar-refractivity contribution is 5.74. The third-order valence-corrected chi connectivity index (χ3v) is 2.90. The minimum absolute atomic E-state index is 0.0807. The first-order valence-electron chi connectivity index (χ1n) is 5.97. The molecule has 1 aliphatic rings. The molecule has 2 amide bonds. The van der Waals surface area contributed by atoms with E-state index >= 15 is 0 Å². The number of rotatable bonds is 3. The maximum absolute atomic E-state index is 11.7. The highest BCUT2D eigenvalue weighted by atomic mass is 16.2. The maximum atomic E-state index is 11.7. The van der Waals surface area contributed by atoms with Crippen LogP contribution in [-0.2, 0) is 0 Å². The molecule has 15 heavy (non-hydrogen) atoms. The Labute approximate surface area is 92.2 Å². The van der Waals surface area contributed by atoms with Gasteiger partial charge in [-0.15, -0.1) is 0 Å². The number of nitrogens with zero attached hydrogens (tertiary/aromatic N) is 1. The highest BCUT2D eigenvalue weighted by Gasteiger charge is 2.15. The molecule has 1 fully saturated rings. The van der Waals surface area contributed by atoms with Gasteiger partial charge in [0.15, 0.2) is 0 Å². The Hall–Kier alpha value is -0.770. The average Bonchev–Trinajstić information content (AvgIpc) is 2.53. The minimum Gasteiger partial charge on any atom is -0.338 e. The van der Waals surface area contributed by atoms with Crippen LogP contribution in [0.5, 0.6) is 0 Å². The van der Waals surface area contributed by atoms with Gasteiger partial charge in [0, 0.05) is 19.6 Å². The molecule has 1 heterocycles. The van der Waals surface area contributed by atoms with Gasteiger partial charge >= 0.3 is 6.03 Å². The normalized spacial score (nSPS) is 19.5. The molecule has 1 atom stereocenters. The summed E-state index contributed by atoms with van der Waals surface area (Å²) in [5.74, 6) is 0.362. The van der Waals surface area contributed by atoms with E-state index in [0.29, 0.717) is 19.0 Å². The molecule has 1 unspecified atom stereocenters. The van der Waals surface area contributed by atoms with E-state index in [2.05, 4.69) is 5.32 Å². The monoisotopic (exact) mass is 213 g/mol. The first-order chi connectivity index (χ1) is 7.24. The van der Waals surface area contributed by atoms with Crippen molar-refractivity contribution >= 4 is 6.03 Å². The maximum Gasteiger partial charge on any atom is 0.317 e. The lowest BCUT2D eigenvalue weighted by Gasteiger charge is -2.21. The molecule has 0 aromatic rings. The van der Waals surface area contributed by atoms with E-state index in [1.54, 1.807) is 0 Å². The third-order valence-electron chi connectivity index (χ3n) is 2.90. The van der Waals surface area contributed by atoms with Gasteiger partial charge in [0.25, 0.3) is 0 Å². The Morgan fingerprint density at radius 3 is 2.47 bits per heavy atom. The fourth-order valence-electron chi connectivity index (χ4n) is 1.73. The Kier molecular flexibility index (Phi) is 5.47. The topological polar surface area (TPSA) is 58.4 Å². The summed E-state index contributed by atoms with van der Waals surface area (Å²) < 4.78 is 0. The Balaban J connectivity index is 2.25. The lowest BCUT2D eigenvalue weighted by Crippen LogP contribution is -2.42. The van der Waals surface area contributed by atoms with Crippen LogP contribution in [0.2, 0.25) is 0 Å². The van der Waals surface area contributed by atoms with Crippen molar-refractivity contribution in [2.24, 2.45) is 11.7 Å². The van der Waals surface area contributed by atoms with Crippen molar-refractivity contribution in [2.45, 2.75) is 32.6 Å². The van der Waals surface area contributed by atoms with Gasteiger partial charge in [-0.3, -0.25) is 0 Å². The number of hydrogen-bond acceptors (Lipinski definition) is 2. The molecule has 1 aliphatic heterocycles. The second-order valence-electron chi connectivity index (χ2n) is 4.43. The van der Waals surface area contributed by atoms with Crippen molar-refractivity contribution in [3.8, 4) is 0 Å². The molecule has 0 saturated carbocycles. The standard InChI is InChI=1S/C11H23N3O/c1-10(8-12)9-13-11(15)14-6-4-2-3-5-7-14/h10H,2-9,12H2,1H3,(H,13,15). The Morgan fingerprint density at radius 2 is 1.93 bits per heavy atom. The zero-order valence-electron chi connectivity index (χ0n) is 9.67. The lowest BCUT2D eigenvalue weighted by molar-refractivity contribution is 0.198. The number of nitrogens with two attached hydrogens (primary N) is 1. The van der Waals surface area contributed by atoms with Gasteiger partial charge in [0.1, 0.15) is 0 Å². The molecular formula is C11H23N3O. The van der Waals surface area contributed by atoms with Crippen LogP contribution in [0.1, 0.15) is 32.6 Å². The number of nitrogens with one attached hydrogen (secondary N) is 1. The predicted molar refractivity (Wildman–Crippen MR) is 61.7 cm³/mol. The summed E-state index contributed by atoms with van der Waals surface area (Å²) in [6, 6.07) is 0.0807.